The summed E-state index contributed by atoms with van der Waals surface area (Å²) in [5, 5.41) is 0. The molecule has 2 aliphatic carbocycles. The highest BCUT2D eigenvalue weighted by atomic mass is 16.5. The molecular formula is C19H29N3O2. The fourth-order valence-corrected chi connectivity index (χ4v) is 4.45. The van der Waals surface area contributed by atoms with Crippen LogP contribution in [0, 0.1) is 19.8 Å². The topological polar surface area (TPSA) is 47.5 Å². The third-order valence-corrected chi connectivity index (χ3v) is 6.03. The van der Waals surface area contributed by atoms with Crippen molar-refractivity contribution in [1.29, 1.82) is 0 Å². The SMILES string of the molecule is CO[C@@]12CC[C@@H](OCC3CC3)C[C@@H]1N(c1nc(C)cc(C)n1)CC2. The molecule has 0 unspecified atom stereocenters. The van der Waals surface area contributed by atoms with Crippen molar-refractivity contribution in [2.24, 2.45) is 5.92 Å². The van der Waals surface area contributed by atoms with Crippen molar-refractivity contribution in [3.8, 4) is 0 Å². The lowest BCUT2D eigenvalue weighted by Crippen LogP contribution is -2.52. The van der Waals surface area contributed by atoms with Gasteiger partial charge in [0.2, 0.25) is 5.95 Å². The summed E-state index contributed by atoms with van der Waals surface area (Å²) < 4.78 is 12.3. The predicted molar refractivity (Wildman–Crippen MR) is 93.3 cm³/mol. The Labute approximate surface area is 144 Å². The minimum Gasteiger partial charge on any atom is -0.378 e. The van der Waals surface area contributed by atoms with Gasteiger partial charge >= 0.3 is 0 Å². The molecule has 0 bridgehead atoms. The van der Waals surface area contributed by atoms with E-state index in [4.69, 9.17) is 19.4 Å². The van der Waals surface area contributed by atoms with E-state index in [0.29, 0.717) is 12.1 Å². The van der Waals surface area contributed by atoms with Crippen molar-refractivity contribution < 1.29 is 9.47 Å². The molecule has 2 heterocycles. The average molecular weight is 331 g/mol. The van der Waals surface area contributed by atoms with E-state index in [1.165, 1.54) is 12.8 Å². The standard InChI is InChI=1S/C19H29N3O2/c1-13-10-14(2)21-18(20-13)22-9-8-19(23-3)7-6-16(11-17(19)22)24-12-15-4-5-15/h10,15-17H,4-9,11-12H2,1-3H3/t16-,17+,19-/m1/s1. The van der Waals surface area contributed by atoms with Crippen LogP contribution in [0.15, 0.2) is 6.07 Å². The number of nitrogens with zero attached hydrogens (tertiary/aromatic N) is 3. The van der Waals surface area contributed by atoms with E-state index in [-0.39, 0.29) is 5.60 Å². The molecule has 0 aromatic carbocycles. The highest BCUT2D eigenvalue weighted by molar-refractivity contribution is 5.39. The molecule has 1 aromatic rings. The van der Waals surface area contributed by atoms with E-state index in [1.54, 1.807) is 0 Å². The maximum Gasteiger partial charge on any atom is 0.226 e. The molecule has 3 fully saturated rings. The molecule has 0 radical (unpaired) electrons. The second-order valence-electron chi connectivity index (χ2n) is 7.85. The Morgan fingerprint density at radius 2 is 1.92 bits per heavy atom. The molecule has 24 heavy (non-hydrogen) atoms. The van der Waals surface area contributed by atoms with Gasteiger partial charge in [-0.25, -0.2) is 9.97 Å². The van der Waals surface area contributed by atoms with Crippen LogP contribution in [0.4, 0.5) is 5.95 Å². The number of ether oxygens (including phenoxy) is 2. The summed E-state index contributed by atoms with van der Waals surface area (Å²) in [5.74, 6) is 1.68. The quantitative estimate of drug-likeness (QED) is 0.830. The van der Waals surface area contributed by atoms with Gasteiger partial charge in [0.1, 0.15) is 0 Å². The number of hydrogen-bond donors (Lipinski definition) is 0. The molecule has 3 aliphatic rings. The number of rotatable bonds is 5. The van der Waals surface area contributed by atoms with E-state index in [0.717, 1.165) is 62.1 Å². The monoisotopic (exact) mass is 331 g/mol. The molecular weight excluding hydrogens is 302 g/mol. The van der Waals surface area contributed by atoms with Gasteiger partial charge in [-0.3, -0.25) is 0 Å². The second-order valence-corrected chi connectivity index (χ2v) is 7.85. The number of aryl methyl sites for hydroxylation is 2. The molecule has 0 N–H and O–H groups in total. The molecule has 5 heteroatoms. The predicted octanol–water partition coefficient (Wildman–Crippen LogP) is 3.04. The Morgan fingerprint density at radius 3 is 2.58 bits per heavy atom. The lowest BCUT2D eigenvalue weighted by Gasteiger charge is -2.43. The smallest absolute Gasteiger partial charge is 0.226 e. The molecule has 3 atom stereocenters. The molecule has 1 aromatic heterocycles. The number of methoxy groups -OCH3 is 1. The molecule has 0 amide bonds. The van der Waals surface area contributed by atoms with Crippen LogP contribution in [0.3, 0.4) is 0 Å². The lowest BCUT2D eigenvalue weighted by molar-refractivity contribution is -0.0817. The third-order valence-electron chi connectivity index (χ3n) is 6.03. The second kappa shape index (κ2) is 6.26. The van der Waals surface area contributed by atoms with E-state index in [9.17, 15) is 0 Å². The third kappa shape index (κ3) is 3.04. The van der Waals surface area contributed by atoms with Crippen molar-refractivity contribution in [2.75, 3.05) is 25.2 Å². The maximum atomic E-state index is 6.21. The molecule has 4 rings (SSSR count). The lowest BCUT2D eigenvalue weighted by atomic mass is 9.79. The molecule has 2 saturated carbocycles. The Bertz CT molecular complexity index is 584. The maximum absolute atomic E-state index is 6.21. The number of aromatic nitrogens is 2. The number of fused-ring (bicyclic) bond motifs is 1. The zero-order valence-electron chi connectivity index (χ0n) is 15.1. The average Bonchev–Trinajstić information content (AvgIpc) is 3.31. The summed E-state index contributed by atoms with van der Waals surface area (Å²) in [7, 11) is 1.87. The first kappa shape index (κ1) is 16.3. The summed E-state index contributed by atoms with van der Waals surface area (Å²) in [6.07, 6.45) is 7.31. The first-order valence-corrected chi connectivity index (χ1v) is 9.35. The van der Waals surface area contributed by atoms with E-state index in [2.05, 4.69) is 4.90 Å². The van der Waals surface area contributed by atoms with Crippen molar-refractivity contribution in [3.63, 3.8) is 0 Å². The largest absolute Gasteiger partial charge is 0.378 e. The van der Waals surface area contributed by atoms with Crippen LogP contribution >= 0.6 is 0 Å². The van der Waals surface area contributed by atoms with Crippen LogP contribution in [-0.4, -0.2) is 48.0 Å². The Balaban J connectivity index is 1.54. The van der Waals surface area contributed by atoms with Gasteiger partial charge in [-0.15, -0.1) is 0 Å². The molecule has 0 spiro atoms. The minimum absolute atomic E-state index is 0.0551. The van der Waals surface area contributed by atoms with Gasteiger partial charge in [-0.05, 0) is 64.4 Å². The molecule has 5 nitrogen and oxygen atoms in total. The Kier molecular flexibility index (Phi) is 4.25. The van der Waals surface area contributed by atoms with Crippen LogP contribution in [-0.2, 0) is 9.47 Å². The first-order valence-electron chi connectivity index (χ1n) is 9.35. The number of hydrogen-bond acceptors (Lipinski definition) is 5. The van der Waals surface area contributed by atoms with Gasteiger partial charge in [0, 0.05) is 31.6 Å². The zero-order valence-corrected chi connectivity index (χ0v) is 15.1. The van der Waals surface area contributed by atoms with Crippen molar-refractivity contribution in [2.45, 2.75) is 70.1 Å². The van der Waals surface area contributed by atoms with Crippen molar-refractivity contribution in [3.05, 3.63) is 17.5 Å². The van der Waals surface area contributed by atoms with Crippen molar-refractivity contribution in [1.82, 2.24) is 9.97 Å². The van der Waals surface area contributed by atoms with Gasteiger partial charge in [0.05, 0.1) is 17.7 Å². The van der Waals surface area contributed by atoms with Crippen LogP contribution < -0.4 is 4.90 Å². The van der Waals surface area contributed by atoms with Gasteiger partial charge in [-0.1, -0.05) is 0 Å². The highest BCUT2D eigenvalue weighted by Gasteiger charge is 2.52. The zero-order chi connectivity index (χ0) is 16.7. The minimum atomic E-state index is -0.0551. The van der Waals surface area contributed by atoms with Gasteiger partial charge in [-0.2, -0.15) is 0 Å². The van der Waals surface area contributed by atoms with E-state index < -0.39 is 0 Å². The normalized spacial score (nSPS) is 32.9. The Hall–Kier alpha value is -1.20. The van der Waals surface area contributed by atoms with Gasteiger partial charge in [0.15, 0.2) is 0 Å². The van der Waals surface area contributed by atoms with E-state index in [1.807, 2.05) is 27.0 Å². The number of anilines is 1. The van der Waals surface area contributed by atoms with E-state index >= 15 is 0 Å². The van der Waals surface area contributed by atoms with Crippen LogP contribution in [0.5, 0.6) is 0 Å². The Morgan fingerprint density at radius 1 is 1.17 bits per heavy atom. The van der Waals surface area contributed by atoms with Gasteiger partial charge < -0.3 is 14.4 Å². The molecule has 1 saturated heterocycles. The molecule has 1 aliphatic heterocycles. The fraction of sp³-hybridized carbons (Fsp3) is 0.789. The van der Waals surface area contributed by atoms with Crippen LogP contribution in [0.1, 0.15) is 49.9 Å². The van der Waals surface area contributed by atoms with Crippen LogP contribution in [0.25, 0.3) is 0 Å². The highest BCUT2D eigenvalue weighted by Crippen LogP contribution is 2.44. The van der Waals surface area contributed by atoms with Gasteiger partial charge in [0.25, 0.3) is 0 Å². The summed E-state index contributed by atoms with van der Waals surface area (Å²) in [5.41, 5.74) is 2.01. The first-order chi connectivity index (χ1) is 11.6. The van der Waals surface area contributed by atoms with Crippen LogP contribution in [0.2, 0.25) is 0 Å². The summed E-state index contributed by atoms with van der Waals surface area (Å²) >= 11 is 0. The summed E-state index contributed by atoms with van der Waals surface area (Å²) in [4.78, 5) is 11.8. The fourth-order valence-electron chi connectivity index (χ4n) is 4.45. The summed E-state index contributed by atoms with van der Waals surface area (Å²) in [6.45, 7) is 5.99. The summed E-state index contributed by atoms with van der Waals surface area (Å²) in [6, 6.07) is 2.35. The van der Waals surface area contributed by atoms with Crippen molar-refractivity contribution >= 4 is 5.95 Å². The molecule has 132 valence electrons.